The minimum absolute atomic E-state index is 0. The molecule has 0 bridgehead atoms. The topological polar surface area (TPSA) is 40.6 Å². The van der Waals surface area contributed by atoms with Crippen molar-refractivity contribution >= 4 is 24.1 Å². The number of Topliss-reactive ketones (excluding diaryl/α,β-unsaturated/α-hetero) is 1. The monoisotopic (exact) mass is 420 g/mol. The molecule has 0 aromatic heterocycles. The van der Waals surface area contributed by atoms with E-state index in [-0.39, 0.29) is 42.5 Å². The zero-order valence-corrected chi connectivity index (χ0v) is 17.1. The molecule has 1 aliphatic rings. The minimum Gasteiger partial charge on any atom is -0.340 e. The number of amides is 1. The lowest BCUT2D eigenvalue weighted by molar-refractivity contribution is -0.137. The summed E-state index contributed by atoms with van der Waals surface area (Å²) in [6, 6.07) is 4.68. The highest BCUT2D eigenvalue weighted by molar-refractivity contribution is 5.98. The summed E-state index contributed by atoms with van der Waals surface area (Å²) in [5, 5.41) is 0. The molecule has 8 heteroatoms. The molecular weight excluding hydrogens is 393 g/mol. The van der Waals surface area contributed by atoms with Crippen LogP contribution < -0.4 is 0 Å². The van der Waals surface area contributed by atoms with Gasteiger partial charge in [0.1, 0.15) is 0 Å². The van der Waals surface area contributed by atoms with Gasteiger partial charge in [-0.05, 0) is 25.0 Å². The van der Waals surface area contributed by atoms with Crippen LogP contribution in [0.15, 0.2) is 24.3 Å². The molecule has 1 saturated heterocycles. The van der Waals surface area contributed by atoms with E-state index in [9.17, 15) is 22.8 Å². The molecule has 0 spiro atoms. The number of hydrogen-bond acceptors (Lipinski definition) is 3. The zero-order valence-electron chi connectivity index (χ0n) is 16.3. The fraction of sp³-hybridized carbons (Fsp3) is 0.600. The number of hydrogen-bond donors (Lipinski definition) is 0. The average molecular weight is 421 g/mol. The van der Waals surface area contributed by atoms with Gasteiger partial charge in [-0.25, -0.2) is 0 Å². The van der Waals surface area contributed by atoms with Gasteiger partial charge in [0.2, 0.25) is 5.91 Å². The summed E-state index contributed by atoms with van der Waals surface area (Å²) in [4.78, 5) is 28.7. The van der Waals surface area contributed by atoms with E-state index in [0.29, 0.717) is 19.1 Å². The summed E-state index contributed by atoms with van der Waals surface area (Å²) in [6.07, 6.45) is -2.14. The molecule has 1 aromatic carbocycles. The predicted octanol–water partition coefficient (Wildman–Crippen LogP) is 4.42. The number of benzene rings is 1. The molecule has 4 nitrogen and oxygen atoms in total. The van der Waals surface area contributed by atoms with Crippen molar-refractivity contribution in [1.29, 1.82) is 0 Å². The SMILES string of the molecule is CCC(CC)N1CCN(C(=O)CCC(=O)c2ccc(C(F)(F)F)cc2)CC1.Cl. The van der Waals surface area contributed by atoms with Crippen molar-refractivity contribution in [3.8, 4) is 0 Å². The normalized spacial score (nSPS) is 15.4. The highest BCUT2D eigenvalue weighted by atomic mass is 35.5. The third-order valence-corrected chi connectivity index (χ3v) is 5.23. The largest absolute Gasteiger partial charge is 0.416 e. The average Bonchev–Trinajstić information content (AvgIpc) is 2.66. The fourth-order valence-corrected chi connectivity index (χ4v) is 3.51. The van der Waals surface area contributed by atoms with E-state index in [2.05, 4.69) is 18.7 Å². The Kier molecular flexibility index (Phi) is 9.44. The summed E-state index contributed by atoms with van der Waals surface area (Å²) in [5.74, 6) is -0.382. The molecule has 1 aromatic rings. The van der Waals surface area contributed by atoms with Crippen LogP contribution in [-0.4, -0.2) is 53.7 Å². The highest BCUT2D eigenvalue weighted by Gasteiger charge is 2.30. The fourth-order valence-electron chi connectivity index (χ4n) is 3.51. The third-order valence-electron chi connectivity index (χ3n) is 5.23. The van der Waals surface area contributed by atoms with Crippen LogP contribution in [0.2, 0.25) is 0 Å². The lowest BCUT2D eigenvalue weighted by atomic mass is 10.0. The second-order valence-electron chi connectivity index (χ2n) is 6.89. The number of ketones is 1. The van der Waals surface area contributed by atoms with Gasteiger partial charge < -0.3 is 4.90 Å². The Morgan fingerprint density at radius 1 is 0.964 bits per heavy atom. The van der Waals surface area contributed by atoms with Gasteiger partial charge >= 0.3 is 6.18 Å². The summed E-state index contributed by atoms with van der Waals surface area (Å²) < 4.78 is 37.7. The Morgan fingerprint density at radius 2 is 1.50 bits per heavy atom. The zero-order chi connectivity index (χ0) is 20.0. The molecule has 158 valence electrons. The maximum absolute atomic E-state index is 12.6. The molecule has 0 atom stereocenters. The van der Waals surface area contributed by atoms with Crippen molar-refractivity contribution in [1.82, 2.24) is 9.80 Å². The summed E-state index contributed by atoms with van der Waals surface area (Å²) in [7, 11) is 0. The molecule has 1 heterocycles. The van der Waals surface area contributed by atoms with Gasteiger partial charge in [-0.3, -0.25) is 14.5 Å². The lowest BCUT2D eigenvalue weighted by Crippen LogP contribution is -2.51. The van der Waals surface area contributed by atoms with Crippen molar-refractivity contribution in [2.75, 3.05) is 26.2 Å². The van der Waals surface area contributed by atoms with Gasteiger partial charge in [0.25, 0.3) is 0 Å². The molecule has 0 radical (unpaired) electrons. The lowest BCUT2D eigenvalue weighted by Gasteiger charge is -2.38. The van der Waals surface area contributed by atoms with E-state index in [1.807, 2.05) is 0 Å². The van der Waals surface area contributed by atoms with E-state index in [0.717, 1.165) is 38.1 Å². The smallest absolute Gasteiger partial charge is 0.340 e. The molecule has 28 heavy (non-hydrogen) atoms. The van der Waals surface area contributed by atoms with Crippen molar-refractivity contribution in [2.24, 2.45) is 0 Å². The van der Waals surface area contributed by atoms with Gasteiger partial charge in [0, 0.05) is 50.6 Å². The first-order valence-corrected chi connectivity index (χ1v) is 9.48. The van der Waals surface area contributed by atoms with Crippen LogP contribution in [0.25, 0.3) is 0 Å². The number of carbonyl (C=O) groups excluding carboxylic acids is 2. The van der Waals surface area contributed by atoms with Gasteiger partial charge in [0.05, 0.1) is 5.56 Å². The van der Waals surface area contributed by atoms with Crippen molar-refractivity contribution < 1.29 is 22.8 Å². The van der Waals surface area contributed by atoms with Gasteiger partial charge in [-0.2, -0.15) is 13.2 Å². The Hall–Kier alpha value is -1.60. The Balaban J connectivity index is 0.00000392. The quantitative estimate of drug-likeness (QED) is 0.613. The summed E-state index contributed by atoms with van der Waals surface area (Å²) in [5.41, 5.74) is -0.584. The van der Waals surface area contributed by atoms with Crippen molar-refractivity contribution in [3.05, 3.63) is 35.4 Å². The molecule has 0 unspecified atom stereocenters. The number of nitrogens with zero attached hydrogens (tertiary/aromatic N) is 2. The van der Waals surface area contributed by atoms with E-state index < -0.39 is 11.7 Å². The minimum atomic E-state index is -4.42. The van der Waals surface area contributed by atoms with Crippen LogP contribution in [-0.2, 0) is 11.0 Å². The Bertz CT molecular complexity index is 638. The standard InChI is InChI=1S/C20H27F3N2O2.ClH/c1-3-17(4-2)24-11-13-25(14-12-24)19(27)10-9-18(26)15-5-7-16(8-6-15)20(21,22)23;/h5-8,17H,3-4,9-14H2,1-2H3;1H. The molecular formula is C20H28ClF3N2O2. The molecule has 1 fully saturated rings. The molecule has 1 amide bonds. The van der Waals surface area contributed by atoms with Crippen molar-refractivity contribution in [2.45, 2.75) is 51.7 Å². The molecule has 0 saturated carbocycles. The Labute approximate surface area is 170 Å². The predicted molar refractivity (Wildman–Crippen MR) is 105 cm³/mol. The molecule has 1 aliphatic heterocycles. The first kappa shape index (κ1) is 24.4. The number of rotatable bonds is 7. The van der Waals surface area contributed by atoms with Crippen LogP contribution in [0.3, 0.4) is 0 Å². The molecule has 0 aliphatic carbocycles. The summed E-state index contributed by atoms with van der Waals surface area (Å²) >= 11 is 0. The maximum Gasteiger partial charge on any atom is 0.416 e. The molecule has 2 rings (SSSR count). The van der Waals surface area contributed by atoms with E-state index in [4.69, 9.17) is 0 Å². The maximum atomic E-state index is 12.6. The number of halogens is 4. The second-order valence-corrected chi connectivity index (χ2v) is 6.89. The van der Waals surface area contributed by atoms with Gasteiger partial charge in [-0.15, -0.1) is 12.4 Å². The summed E-state index contributed by atoms with van der Waals surface area (Å²) in [6.45, 7) is 7.32. The van der Waals surface area contributed by atoms with Crippen LogP contribution >= 0.6 is 12.4 Å². The molecule has 0 N–H and O–H groups in total. The first-order valence-electron chi connectivity index (χ1n) is 9.48. The number of piperazine rings is 1. The van der Waals surface area contributed by atoms with E-state index in [1.54, 1.807) is 4.90 Å². The van der Waals surface area contributed by atoms with Crippen LogP contribution in [0, 0.1) is 0 Å². The Morgan fingerprint density at radius 3 is 1.96 bits per heavy atom. The highest BCUT2D eigenvalue weighted by Crippen LogP contribution is 2.29. The van der Waals surface area contributed by atoms with Crippen LogP contribution in [0.4, 0.5) is 13.2 Å². The first-order chi connectivity index (χ1) is 12.8. The van der Waals surface area contributed by atoms with Gasteiger partial charge in [0.15, 0.2) is 5.78 Å². The van der Waals surface area contributed by atoms with Crippen LogP contribution in [0.1, 0.15) is 55.5 Å². The van der Waals surface area contributed by atoms with Crippen LogP contribution in [0.5, 0.6) is 0 Å². The van der Waals surface area contributed by atoms with Crippen molar-refractivity contribution in [3.63, 3.8) is 0 Å². The van der Waals surface area contributed by atoms with Gasteiger partial charge in [-0.1, -0.05) is 26.0 Å². The van der Waals surface area contributed by atoms with E-state index in [1.165, 1.54) is 12.1 Å². The van der Waals surface area contributed by atoms with E-state index >= 15 is 0 Å². The number of alkyl halides is 3. The second kappa shape index (κ2) is 10.8. The number of carbonyl (C=O) groups is 2. The third kappa shape index (κ3) is 6.48.